The van der Waals surface area contributed by atoms with Crippen LogP contribution in [0.25, 0.3) is 0 Å². The number of alkyl halides is 4. The van der Waals surface area contributed by atoms with Crippen LogP contribution in [0.5, 0.6) is 17.2 Å². The van der Waals surface area contributed by atoms with E-state index in [1.54, 1.807) is 0 Å². The molecule has 1 aliphatic heterocycles. The number of carbonyl (C=O) groups is 1. The standard InChI is InChI=1S/C20H18ClF4NO4/c1-28-16-8-7-14(22)18(29-2)17(16)15-9-13(21)19(27)26(15)10-11-3-5-12(6-4-11)30-20(23,24)25/h3-8,13,15H,9-10H2,1-2H3/t13-,15-/m0/s1. The molecule has 0 saturated carbocycles. The third kappa shape index (κ3) is 4.56. The van der Waals surface area contributed by atoms with Gasteiger partial charge in [0.2, 0.25) is 5.91 Å². The number of halogens is 5. The molecule has 0 bridgehead atoms. The van der Waals surface area contributed by atoms with E-state index in [1.165, 1.54) is 43.4 Å². The van der Waals surface area contributed by atoms with Crippen molar-refractivity contribution in [3.05, 3.63) is 53.3 Å². The van der Waals surface area contributed by atoms with Crippen molar-refractivity contribution in [1.82, 2.24) is 4.90 Å². The van der Waals surface area contributed by atoms with Gasteiger partial charge in [-0.05, 0) is 36.2 Å². The number of ether oxygens (including phenoxy) is 3. The van der Waals surface area contributed by atoms with Crippen molar-refractivity contribution in [2.75, 3.05) is 14.2 Å². The zero-order valence-electron chi connectivity index (χ0n) is 16.0. The first-order chi connectivity index (χ1) is 14.1. The number of amides is 1. The van der Waals surface area contributed by atoms with E-state index in [2.05, 4.69) is 4.74 Å². The summed E-state index contributed by atoms with van der Waals surface area (Å²) in [7, 11) is 2.72. The highest BCUT2D eigenvalue weighted by atomic mass is 35.5. The molecule has 2 aromatic carbocycles. The van der Waals surface area contributed by atoms with E-state index in [9.17, 15) is 22.4 Å². The van der Waals surface area contributed by atoms with Gasteiger partial charge in [0.1, 0.15) is 16.9 Å². The summed E-state index contributed by atoms with van der Waals surface area (Å²) in [6, 6.07) is 7.10. The summed E-state index contributed by atoms with van der Waals surface area (Å²) >= 11 is 6.19. The molecule has 0 radical (unpaired) electrons. The van der Waals surface area contributed by atoms with E-state index in [1.807, 2.05) is 0 Å². The summed E-state index contributed by atoms with van der Waals surface area (Å²) in [5.41, 5.74) is 0.886. The van der Waals surface area contributed by atoms with Gasteiger partial charge in [-0.2, -0.15) is 0 Å². The third-order valence-electron chi connectivity index (χ3n) is 4.73. The molecule has 5 nitrogen and oxygen atoms in total. The molecular formula is C20H18ClF4NO4. The third-order valence-corrected chi connectivity index (χ3v) is 5.10. The van der Waals surface area contributed by atoms with Gasteiger partial charge < -0.3 is 19.1 Å². The minimum absolute atomic E-state index is 0.0435. The predicted octanol–water partition coefficient (Wildman–Crippen LogP) is 4.82. The molecule has 1 fully saturated rings. The first kappa shape index (κ1) is 22.0. The molecule has 2 aromatic rings. The highest BCUT2D eigenvalue weighted by Crippen LogP contribution is 2.45. The smallest absolute Gasteiger partial charge is 0.496 e. The zero-order valence-corrected chi connectivity index (χ0v) is 16.8. The monoisotopic (exact) mass is 447 g/mol. The Labute approximate surface area is 175 Å². The van der Waals surface area contributed by atoms with E-state index < -0.39 is 23.6 Å². The first-order valence-corrected chi connectivity index (χ1v) is 9.28. The van der Waals surface area contributed by atoms with Crippen LogP contribution in [0, 0.1) is 5.82 Å². The number of hydrogen-bond donors (Lipinski definition) is 0. The fraction of sp³-hybridized carbons (Fsp3) is 0.350. The minimum atomic E-state index is -4.80. The first-order valence-electron chi connectivity index (χ1n) is 8.84. The van der Waals surface area contributed by atoms with Crippen LogP contribution in [-0.2, 0) is 11.3 Å². The summed E-state index contributed by atoms with van der Waals surface area (Å²) in [5.74, 6) is -1.11. The molecule has 10 heteroatoms. The Morgan fingerprint density at radius 2 is 1.77 bits per heavy atom. The number of nitrogens with zero attached hydrogens (tertiary/aromatic N) is 1. The topological polar surface area (TPSA) is 48.0 Å². The molecule has 0 aromatic heterocycles. The molecule has 162 valence electrons. The number of benzene rings is 2. The number of likely N-dealkylation sites (tertiary alicyclic amines) is 1. The number of methoxy groups -OCH3 is 2. The van der Waals surface area contributed by atoms with Crippen molar-refractivity contribution in [2.45, 2.75) is 30.7 Å². The van der Waals surface area contributed by atoms with Gasteiger partial charge in [-0.3, -0.25) is 4.79 Å². The number of carbonyl (C=O) groups excluding carboxylic acids is 1. The van der Waals surface area contributed by atoms with Crippen molar-refractivity contribution in [1.29, 1.82) is 0 Å². The summed E-state index contributed by atoms with van der Waals surface area (Å²) in [6.07, 6.45) is -4.61. The maximum Gasteiger partial charge on any atom is 0.573 e. The molecule has 3 rings (SSSR count). The zero-order chi connectivity index (χ0) is 22.1. The average Bonchev–Trinajstić information content (AvgIpc) is 2.96. The van der Waals surface area contributed by atoms with Crippen LogP contribution in [0.3, 0.4) is 0 Å². The maximum atomic E-state index is 14.3. The van der Waals surface area contributed by atoms with Crippen molar-refractivity contribution in [3.8, 4) is 17.2 Å². The van der Waals surface area contributed by atoms with Gasteiger partial charge in [-0.25, -0.2) is 4.39 Å². The van der Waals surface area contributed by atoms with Gasteiger partial charge >= 0.3 is 6.36 Å². The van der Waals surface area contributed by atoms with Crippen LogP contribution in [-0.4, -0.2) is 36.8 Å². The lowest BCUT2D eigenvalue weighted by atomic mass is 10.0. The van der Waals surface area contributed by atoms with Crippen LogP contribution >= 0.6 is 11.6 Å². The van der Waals surface area contributed by atoms with E-state index in [0.717, 1.165) is 12.1 Å². The van der Waals surface area contributed by atoms with Gasteiger partial charge in [0, 0.05) is 6.54 Å². The number of rotatable bonds is 6. The fourth-order valence-corrected chi connectivity index (χ4v) is 3.76. The lowest BCUT2D eigenvalue weighted by molar-refractivity contribution is -0.274. The summed E-state index contributed by atoms with van der Waals surface area (Å²) in [6.45, 7) is 0.0435. The van der Waals surface area contributed by atoms with Crippen molar-refractivity contribution in [3.63, 3.8) is 0 Å². The largest absolute Gasteiger partial charge is 0.573 e. The lowest BCUT2D eigenvalue weighted by Crippen LogP contribution is -2.29. The Hall–Kier alpha value is -2.68. The minimum Gasteiger partial charge on any atom is -0.496 e. The Morgan fingerprint density at radius 3 is 2.33 bits per heavy atom. The molecule has 2 atom stereocenters. The van der Waals surface area contributed by atoms with Crippen molar-refractivity contribution >= 4 is 17.5 Å². The fourth-order valence-electron chi connectivity index (χ4n) is 3.47. The van der Waals surface area contributed by atoms with E-state index in [-0.39, 0.29) is 30.4 Å². The Bertz CT molecular complexity index is 920. The second-order valence-corrected chi connectivity index (χ2v) is 7.10. The summed E-state index contributed by atoms with van der Waals surface area (Å²) < 4.78 is 65.7. The molecule has 1 aliphatic rings. The number of hydrogen-bond acceptors (Lipinski definition) is 4. The molecular weight excluding hydrogens is 430 g/mol. The Balaban J connectivity index is 1.92. The predicted molar refractivity (Wildman–Crippen MR) is 100 cm³/mol. The van der Waals surface area contributed by atoms with E-state index >= 15 is 0 Å². The van der Waals surface area contributed by atoms with Crippen LogP contribution in [0.4, 0.5) is 17.6 Å². The van der Waals surface area contributed by atoms with Gasteiger partial charge in [-0.15, -0.1) is 24.8 Å². The molecule has 1 saturated heterocycles. The molecule has 1 heterocycles. The molecule has 0 aliphatic carbocycles. The maximum absolute atomic E-state index is 14.3. The highest BCUT2D eigenvalue weighted by molar-refractivity contribution is 6.31. The van der Waals surface area contributed by atoms with Gasteiger partial charge in [0.25, 0.3) is 0 Å². The summed E-state index contributed by atoms with van der Waals surface area (Å²) in [4.78, 5) is 14.1. The molecule has 30 heavy (non-hydrogen) atoms. The van der Waals surface area contributed by atoms with Gasteiger partial charge in [-0.1, -0.05) is 12.1 Å². The molecule has 0 N–H and O–H groups in total. The summed E-state index contributed by atoms with van der Waals surface area (Å²) in [5, 5.41) is -0.847. The average molecular weight is 448 g/mol. The second-order valence-electron chi connectivity index (χ2n) is 6.57. The van der Waals surface area contributed by atoms with Gasteiger partial charge in [0.15, 0.2) is 11.6 Å². The molecule has 1 amide bonds. The van der Waals surface area contributed by atoms with Crippen LogP contribution in [0.1, 0.15) is 23.6 Å². The normalized spacial score (nSPS) is 19.2. The van der Waals surface area contributed by atoms with Crippen LogP contribution < -0.4 is 14.2 Å². The van der Waals surface area contributed by atoms with Crippen LogP contribution in [0.2, 0.25) is 0 Å². The van der Waals surface area contributed by atoms with E-state index in [0.29, 0.717) is 16.9 Å². The molecule has 0 unspecified atom stereocenters. The highest BCUT2D eigenvalue weighted by Gasteiger charge is 2.42. The van der Waals surface area contributed by atoms with Crippen LogP contribution in [0.15, 0.2) is 36.4 Å². The molecule has 0 spiro atoms. The van der Waals surface area contributed by atoms with Crippen molar-refractivity contribution in [2.24, 2.45) is 0 Å². The second kappa shape index (κ2) is 8.59. The quantitative estimate of drug-likeness (QED) is 0.470. The van der Waals surface area contributed by atoms with E-state index in [4.69, 9.17) is 21.1 Å². The Kier molecular flexibility index (Phi) is 6.30. The van der Waals surface area contributed by atoms with Crippen molar-refractivity contribution < 1.29 is 36.6 Å². The lowest BCUT2D eigenvalue weighted by Gasteiger charge is -2.28. The van der Waals surface area contributed by atoms with Gasteiger partial charge in [0.05, 0.1) is 25.8 Å². The SMILES string of the molecule is COc1ccc(F)c(OC)c1[C@@H]1C[C@H](Cl)C(=O)N1Cc1ccc(OC(F)(F)F)cc1. The Morgan fingerprint density at radius 1 is 1.10 bits per heavy atom.